The van der Waals surface area contributed by atoms with Gasteiger partial charge in [0.15, 0.2) is 12.6 Å². The van der Waals surface area contributed by atoms with E-state index in [1.165, 1.54) is 22.3 Å². The van der Waals surface area contributed by atoms with Crippen LogP contribution in [0.3, 0.4) is 0 Å². The van der Waals surface area contributed by atoms with Crippen LogP contribution in [0.15, 0.2) is 48.5 Å². The van der Waals surface area contributed by atoms with Crippen LogP contribution in [-0.2, 0) is 9.47 Å². The molecule has 3 rings (SSSR count). The van der Waals surface area contributed by atoms with Gasteiger partial charge in [-0.25, -0.2) is 0 Å². The first-order valence-corrected chi connectivity index (χ1v) is 11.8. The van der Waals surface area contributed by atoms with Gasteiger partial charge in [-0.05, 0) is 87.4 Å². The molecule has 0 N–H and O–H groups in total. The second-order valence-electron chi connectivity index (χ2n) is 9.15. The lowest BCUT2D eigenvalue weighted by molar-refractivity contribution is -0.0393. The maximum atomic E-state index is 6.04. The van der Waals surface area contributed by atoms with Crippen molar-refractivity contribution in [3.8, 4) is 11.5 Å². The average molecular weight is 463 g/mol. The Balaban J connectivity index is 2.14. The van der Waals surface area contributed by atoms with Crippen molar-refractivity contribution in [3.05, 3.63) is 93.0 Å². The smallest absolute Gasteiger partial charge is 0.196 e. The van der Waals surface area contributed by atoms with Gasteiger partial charge in [0.2, 0.25) is 0 Å². The maximum absolute atomic E-state index is 6.04. The molecule has 4 heteroatoms. The first kappa shape index (κ1) is 25.8. The van der Waals surface area contributed by atoms with Crippen molar-refractivity contribution in [2.45, 2.75) is 67.0 Å². The molecular weight excluding hydrogens is 424 g/mol. The van der Waals surface area contributed by atoms with Crippen molar-refractivity contribution in [2.24, 2.45) is 0 Å². The van der Waals surface area contributed by atoms with E-state index in [0.29, 0.717) is 0 Å². The number of benzene rings is 3. The first-order valence-electron chi connectivity index (χ1n) is 11.8. The zero-order valence-electron chi connectivity index (χ0n) is 22.0. The van der Waals surface area contributed by atoms with Crippen LogP contribution < -0.4 is 9.47 Å². The second-order valence-corrected chi connectivity index (χ2v) is 9.15. The Labute approximate surface area is 204 Å². The van der Waals surface area contributed by atoms with Crippen LogP contribution in [0.5, 0.6) is 11.5 Å². The van der Waals surface area contributed by atoms with Gasteiger partial charge in [0.25, 0.3) is 0 Å². The maximum Gasteiger partial charge on any atom is 0.196 e. The molecule has 0 bridgehead atoms. The van der Waals surface area contributed by atoms with E-state index in [9.17, 15) is 0 Å². The number of methoxy groups -OCH3 is 2. The zero-order valence-corrected chi connectivity index (χ0v) is 22.0. The van der Waals surface area contributed by atoms with Crippen molar-refractivity contribution in [1.82, 2.24) is 0 Å². The highest BCUT2D eigenvalue weighted by Crippen LogP contribution is 2.39. The van der Waals surface area contributed by atoms with E-state index < -0.39 is 0 Å². The predicted octanol–water partition coefficient (Wildman–Crippen LogP) is 7.15. The summed E-state index contributed by atoms with van der Waals surface area (Å²) in [7, 11) is 3.31. The number of hydrogen-bond donors (Lipinski definition) is 0. The Bertz CT molecular complexity index is 1000. The van der Waals surface area contributed by atoms with E-state index in [1.807, 2.05) is 13.8 Å². The highest BCUT2D eigenvalue weighted by molar-refractivity contribution is 5.53. The van der Waals surface area contributed by atoms with Crippen LogP contribution in [0, 0.1) is 34.6 Å². The Morgan fingerprint density at radius 1 is 0.529 bits per heavy atom. The number of aryl methyl sites for hydroxylation is 5. The minimum absolute atomic E-state index is 0.0817. The lowest BCUT2D eigenvalue weighted by Gasteiger charge is -2.25. The van der Waals surface area contributed by atoms with Crippen LogP contribution in [0.4, 0.5) is 0 Å². The third-order valence-electron chi connectivity index (χ3n) is 6.27. The lowest BCUT2D eigenvalue weighted by Crippen LogP contribution is -2.16. The summed E-state index contributed by atoms with van der Waals surface area (Å²) >= 11 is 0. The lowest BCUT2D eigenvalue weighted by atomic mass is 9.82. The summed E-state index contributed by atoms with van der Waals surface area (Å²) in [6, 6.07) is 17.7. The average Bonchev–Trinajstić information content (AvgIpc) is 2.79. The Morgan fingerprint density at radius 3 is 1.21 bits per heavy atom. The molecule has 3 aromatic rings. The van der Waals surface area contributed by atoms with Crippen molar-refractivity contribution >= 4 is 0 Å². The largest absolute Gasteiger partial charge is 0.465 e. The molecule has 2 atom stereocenters. The molecule has 34 heavy (non-hydrogen) atoms. The van der Waals surface area contributed by atoms with Gasteiger partial charge in [-0.15, -0.1) is 0 Å². The van der Waals surface area contributed by atoms with E-state index in [2.05, 4.69) is 83.1 Å². The summed E-state index contributed by atoms with van der Waals surface area (Å²) in [6.07, 6.45) is -0.605. The summed E-state index contributed by atoms with van der Waals surface area (Å²) in [4.78, 5) is 0. The zero-order chi connectivity index (χ0) is 25.0. The Morgan fingerprint density at radius 2 is 0.882 bits per heavy atom. The molecule has 0 saturated carbocycles. The predicted molar refractivity (Wildman–Crippen MR) is 138 cm³/mol. The van der Waals surface area contributed by atoms with Crippen molar-refractivity contribution < 1.29 is 18.9 Å². The Hall–Kier alpha value is -2.82. The topological polar surface area (TPSA) is 36.9 Å². The number of hydrogen-bond acceptors (Lipinski definition) is 4. The van der Waals surface area contributed by atoms with Gasteiger partial charge in [-0.3, -0.25) is 0 Å². The highest BCUT2D eigenvalue weighted by Gasteiger charge is 2.22. The number of rotatable bonds is 9. The van der Waals surface area contributed by atoms with Crippen LogP contribution in [-0.4, -0.2) is 26.8 Å². The molecule has 0 aromatic heterocycles. The minimum atomic E-state index is -0.302. The first-order chi connectivity index (χ1) is 16.1. The molecular formula is C30H38O4. The summed E-state index contributed by atoms with van der Waals surface area (Å²) < 4.78 is 22.7. The summed E-state index contributed by atoms with van der Waals surface area (Å²) in [5.74, 6) is 1.84. The van der Waals surface area contributed by atoms with Gasteiger partial charge in [-0.1, -0.05) is 54.1 Å². The van der Waals surface area contributed by atoms with Gasteiger partial charge in [0, 0.05) is 20.1 Å². The molecule has 0 radical (unpaired) electrons. The SMILES string of the molecule is COC(C)Oc1c(C)cc(C(c2ccc(C)cc2)c2cc(C)c(OC(C)OC)c(C)c2)cc1C. The third-order valence-corrected chi connectivity index (χ3v) is 6.27. The summed E-state index contributed by atoms with van der Waals surface area (Å²) in [6.45, 7) is 14.3. The molecule has 0 aliphatic heterocycles. The summed E-state index contributed by atoms with van der Waals surface area (Å²) in [5.41, 5.74) is 9.34. The monoisotopic (exact) mass is 462 g/mol. The molecule has 182 valence electrons. The quantitative estimate of drug-likeness (QED) is 0.250. The van der Waals surface area contributed by atoms with E-state index in [-0.39, 0.29) is 18.5 Å². The molecule has 0 heterocycles. The van der Waals surface area contributed by atoms with Crippen molar-refractivity contribution in [3.63, 3.8) is 0 Å². The standard InChI is InChI=1S/C30H38O4/c1-18-10-12-25(13-11-18)28(26-14-19(2)29(20(3)15-26)33-23(6)31-8)27-16-21(4)30(22(5)17-27)34-24(7)32-9/h10-17,23-24,28H,1-9H3. The van der Waals surface area contributed by atoms with Gasteiger partial charge < -0.3 is 18.9 Å². The van der Waals surface area contributed by atoms with Crippen LogP contribution >= 0.6 is 0 Å². The van der Waals surface area contributed by atoms with E-state index in [0.717, 1.165) is 33.8 Å². The van der Waals surface area contributed by atoms with Crippen molar-refractivity contribution in [1.29, 1.82) is 0 Å². The summed E-state index contributed by atoms with van der Waals surface area (Å²) in [5, 5.41) is 0. The number of ether oxygens (including phenoxy) is 4. The molecule has 0 aliphatic rings. The fraction of sp³-hybridized carbons (Fsp3) is 0.400. The molecule has 0 saturated heterocycles. The van der Waals surface area contributed by atoms with Crippen LogP contribution in [0.2, 0.25) is 0 Å². The van der Waals surface area contributed by atoms with Crippen molar-refractivity contribution in [2.75, 3.05) is 14.2 Å². The molecule has 0 spiro atoms. The molecule has 0 aliphatic carbocycles. The van der Waals surface area contributed by atoms with Gasteiger partial charge >= 0.3 is 0 Å². The third kappa shape index (κ3) is 5.81. The normalized spacial score (nSPS) is 13.9. The van der Waals surface area contributed by atoms with E-state index in [1.54, 1.807) is 14.2 Å². The fourth-order valence-electron chi connectivity index (χ4n) is 4.44. The molecule has 2 unspecified atom stereocenters. The van der Waals surface area contributed by atoms with Gasteiger partial charge in [0.1, 0.15) is 11.5 Å². The fourth-order valence-corrected chi connectivity index (χ4v) is 4.44. The second kappa shape index (κ2) is 11.1. The Kier molecular flexibility index (Phi) is 8.40. The minimum Gasteiger partial charge on any atom is -0.465 e. The molecule has 0 fully saturated rings. The van der Waals surface area contributed by atoms with Gasteiger partial charge in [0.05, 0.1) is 0 Å². The van der Waals surface area contributed by atoms with Crippen LogP contribution in [0.1, 0.15) is 64.3 Å². The molecule has 4 nitrogen and oxygen atoms in total. The van der Waals surface area contributed by atoms with E-state index in [4.69, 9.17) is 18.9 Å². The highest BCUT2D eigenvalue weighted by atomic mass is 16.7. The van der Waals surface area contributed by atoms with Crippen LogP contribution in [0.25, 0.3) is 0 Å². The molecule has 0 amide bonds. The van der Waals surface area contributed by atoms with Gasteiger partial charge in [-0.2, -0.15) is 0 Å². The molecule has 3 aromatic carbocycles. The van der Waals surface area contributed by atoms with E-state index >= 15 is 0 Å².